The normalized spacial score (nSPS) is 10.0. The Bertz CT molecular complexity index is 248. The lowest BCUT2D eigenvalue weighted by atomic mass is 10.1. The highest BCUT2D eigenvalue weighted by atomic mass is 16.3. The van der Waals surface area contributed by atoms with Crippen LogP contribution in [0.2, 0.25) is 0 Å². The molecule has 1 aromatic rings. The minimum Gasteiger partial charge on any atom is -0.461 e. The summed E-state index contributed by atoms with van der Waals surface area (Å²) in [5, 5.41) is 0. The Morgan fingerprint density at radius 3 is 2.82 bits per heavy atom. The monoisotopic (exact) mass is 152 g/mol. The minimum atomic E-state index is 0.0897. The van der Waals surface area contributed by atoms with E-state index in [4.69, 9.17) is 4.42 Å². The summed E-state index contributed by atoms with van der Waals surface area (Å²) >= 11 is 0. The number of aryl methyl sites for hydroxylation is 1. The molecule has 0 fully saturated rings. The van der Waals surface area contributed by atoms with Gasteiger partial charge in [-0.05, 0) is 12.5 Å². The van der Waals surface area contributed by atoms with Crippen molar-refractivity contribution in [3.05, 3.63) is 23.7 Å². The molecule has 1 aromatic heterocycles. The topological polar surface area (TPSA) is 30.2 Å². The largest absolute Gasteiger partial charge is 0.461 e. The van der Waals surface area contributed by atoms with Gasteiger partial charge in [0.15, 0.2) is 11.5 Å². The van der Waals surface area contributed by atoms with E-state index in [9.17, 15) is 4.79 Å². The molecule has 0 aliphatic rings. The van der Waals surface area contributed by atoms with Crippen LogP contribution < -0.4 is 0 Å². The number of hydrogen-bond acceptors (Lipinski definition) is 2. The number of furan rings is 1. The molecule has 0 atom stereocenters. The molecule has 1 heterocycles. The maximum absolute atomic E-state index is 11.2. The van der Waals surface area contributed by atoms with E-state index in [1.807, 2.05) is 19.9 Å². The molecule has 0 unspecified atom stereocenters. The highest BCUT2D eigenvalue weighted by Crippen LogP contribution is 2.12. The first-order chi connectivity index (χ1) is 5.29. The average molecular weight is 152 g/mol. The van der Waals surface area contributed by atoms with Gasteiger partial charge in [-0.2, -0.15) is 0 Å². The number of carbonyl (C=O) groups is 1. The fourth-order valence-corrected chi connectivity index (χ4v) is 1.02. The zero-order chi connectivity index (χ0) is 8.27. The van der Waals surface area contributed by atoms with Crippen LogP contribution in [0.25, 0.3) is 0 Å². The lowest BCUT2D eigenvalue weighted by molar-refractivity contribution is 0.0960. The molecule has 0 amide bonds. The molecule has 0 saturated carbocycles. The van der Waals surface area contributed by atoms with Crippen LogP contribution in [0.4, 0.5) is 0 Å². The summed E-state index contributed by atoms with van der Waals surface area (Å²) in [7, 11) is 0. The van der Waals surface area contributed by atoms with Crippen molar-refractivity contribution >= 4 is 5.78 Å². The van der Waals surface area contributed by atoms with Gasteiger partial charge in [-0.3, -0.25) is 4.79 Å². The van der Waals surface area contributed by atoms with E-state index >= 15 is 0 Å². The molecule has 2 heteroatoms. The average Bonchev–Trinajstić information content (AvgIpc) is 2.50. The zero-order valence-corrected chi connectivity index (χ0v) is 6.89. The third-order valence-electron chi connectivity index (χ3n) is 1.70. The lowest BCUT2D eigenvalue weighted by Gasteiger charge is -1.94. The number of carbonyl (C=O) groups excluding carboxylic acids is 1. The summed E-state index contributed by atoms with van der Waals surface area (Å²) in [5.74, 6) is 0.627. The van der Waals surface area contributed by atoms with Crippen molar-refractivity contribution < 1.29 is 9.21 Å². The Hall–Kier alpha value is -1.05. The zero-order valence-electron chi connectivity index (χ0n) is 6.89. The summed E-state index contributed by atoms with van der Waals surface area (Å²) in [5.41, 5.74) is 1.01. The molecule has 0 aromatic carbocycles. The van der Waals surface area contributed by atoms with E-state index in [1.54, 1.807) is 6.26 Å². The van der Waals surface area contributed by atoms with E-state index in [2.05, 4.69) is 0 Å². The van der Waals surface area contributed by atoms with E-state index in [-0.39, 0.29) is 5.78 Å². The van der Waals surface area contributed by atoms with E-state index < -0.39 is 0 Å². The SMILES string of the molecule is CCC(=O)c1occc1CC. The fourth-order valence-electron chi connectivity index (χ4n) is 1.02. The second-order valence-corrected chi connectivity index (χ2v) is 2.41. The number of hydrogen-bond donors (Lipinski definition) is 0. The van der Waals surface area contributed by atoms with Gasteiger partial charge >= 0.3 is 0 Å². The van der Waals surface area contributed by atoms with Crippen molar-refractivity contribution in [3.63, 3.8) is 0 Å². The highest BCUT2D eigenvalue weighted by Gasteiger charge is 2.10. The van der Waals surface area contributed by atoms with E-state index in [0.29, 0.717) is 12.2 Å². The fraction of sp³-hybridized carbons (Fsp3) is 0.444. The standard InChI is InChI=1S/C9H12O2/c1-3-7-5-6-11-9(7)8(10)4-2/h5-6H,3-4H2,1-2H3. The molecule has 0 N–H and O–H groups in total. The summed E-state index contributed by atoms with van der Waals surface area (Å²) in [6.07, 6.45) is 2.94. The Kier molecular flexibility index (Phi) is 2.47. The predicted molar refractivity (Wildman–Crippen MR) is 42.7 cm³/mol. The first kappa shape index (κ1) is 8.05. The van der Waals surface area contributed by atoms with Gasteiger partial charge in [-0.15, -0.1) is 0 Å². The van der Waals surface area contributed by atoms with Crippen LogP contribution in [0.5, 0.6) is 0 Å². The first-order valence-electron chi connectivity index (χ1n) is 3.89. The van der Waals surface area contributed by atoms with Gasteiger partial charge in [0, 0.05) is 12.0 Å². The molecule has 1 rings (SSSR count). The van der Waals surface area contributed by atoms with Crippen molar-refractivity contribution in [1.82, 2.24) is 0 Å². The molecule has 11 heavy (non-hydrogen) atoms. The van der Waals surface area contributed by atoms with Gasteiger partial charge in [0.1, 0.15) is 0 Å². The van der Waals surface area contributed by atoms with Crippen LogP contribution in [-0.2, 0) is 6.42 Å². The highest BCUT2D eigenvalue weighted by molar-refractivity contribution is 5.94. The molecule has 60 valence electrons. The Morgan fingerprint density at radius 1 is 1.55 bits per heavy atom. The van der Waals surface area contributed by atoms with Crippen LogP contribution in [0.1, 0.15) is 36.4 Å². The van der Waals surface area contributed by atoms with Gasteiger partial charge in [0.2, 0.25) is 0 Å². The number of ketones is 1. The maximum atomic E-state index is 11.2. The van der Waals surface area contributed by atoms with Crippen molar-refractivity contribution in [1.29, 1.82) is 0 Å². The maximum Gasteiger partial charge on any atom is 0.197 e. The predicted octanol–water partition coefficient (Wildman–Crippen LogP) is 2.43. The molecular weight excluding hydrogens is 140 g/mol. The summed E-state index contributed by atoms with van der Waals surface area (Å²) in [6.45, 7) is 3.85. The van der Waals surface area contributed by atoms with E-state index in [0.717, 1.165) is 12.0 Å². The second kappa shape index (κ2) is 3.37. The Labute approximate surface area is 66.2 Å². The van der Waals surface area contributed by atoms with Crippen LogP contribution >= 0.6 is 0 Å². The third kappa shape index (κ3) is 1.50. The summed E-state index contributed by atoms with van der Waals surface area (Å²) in [4.78, 5) is 11.2. The van der Waals surface area contributed by atoms with Crippen molar-refractivity contribution in [3.8, 4) is 0 Å². The molecule has 0 aliphatic carbocycles. The number of Topliss-reactive ketones (excluding diaryl/α,β-unsaturated/α-hetero) is 1. The van der Waals surface area contributed by atoms with Crippen molar-refractivity contribution in [2.24, 2.45) is 0 Å². The van der Waals surface area contributed by atoms with Gasteiger partial charge in [-0.25, -0.2) is 0 Å². The molecule has 0 radical (unpaired) electrons. The smallest absolute Gasteiger partial charge is 0.197 e. The van der Waals surface area contributed by atoms with Gasteiger partial charge < -0.3 is 4.42 Å². The van der Waals surface area contributed by atoms with Crippen molar-refractivity contribution in [2.75, 3.05) is 0 Å². The molecule has 0 spiro atoms. The molecular formula is C9H12O2. The quantitative estimate of drug-likeness (QED) is 0.622. The Balaban J connectivity index is 2.92. The summed E-state index contributed by atoms with van der Waals surface area (Å²) < 4.78 is 5.06. The molecule has 0 aliphatic heterocycles. The lowest BCUT2D eigenvalue weighted by Crippen LogP contribution is -1.97. The van der Waals surface area contributed by atoms with Crippen LogP contribution in [0.3, 0.4) is 0 Å². The summed E-state index contributed by atoms with van der Waals surface area (Å²) in [6, 6.07) is 1.85. The molecule has 2 nitrogen and oxygen atoms in total. The number of rotatable bonds is 3. The van der Waals surface area contributed by atoms with E-state index in [1.165, 1.54) is 0 Å². The second-order valence-electron chi connectivity index (χ2n) is 2.41. The molecule has 0 bridgehead atoms. The molecule has 0 saturated heterocycles. The van der Waals surface area contributed by atoms with Crippen LogP contribution in [0.15, 0.2) is 16.7 Å². The van der Waals surface area contributed by atoms with Gasteiger partial charge in [0.05, 0.1) is 6.26 Å². The Morgan fingerprint density at radius 2 is 2.27 bits per heavy atom. The van der Waals surface area contributed by atoms with Crippen LogP contribution in [-0.4, -0.2) is 5.78 Å². The minimum absolute atomic E-state index is 0.0897. The van der Waals surface area contributed by atoms with Gasteiger partial charge in [0.25, 0.3) is 0 Å². The third-order valence-corrected chi connectivity index (χ3v) is 1.70. The van der Waals surface area contributed by atoms with Crippen LogP contribution in [0, 0.1) is 0 Å². The first-order valence-corrected chi connectivity index (χ1v) is 3.89. The van der Waals surface area contributed by atoms with Gasteiger partial charge in [-0.1, -0.05) is 13.8 Å². The van der Waals surface area contributed by atoms with Crippen molar-refractivity contribution in [2.45, 2.75) is 26.7 Å².